The van der Waals surface area contributed by atoms with Crippen LogP contribution in [-0.4, -0.2) is 6.85 Å². The zero-order valence-electron chi connectivity index (χ0n) is 54.4. The van der Waals surface area contributed by atoms with E-state index in [1.165, 1.54) is 128 Å². The highest BCUT2D eigenvalue weighted by Crippen LogP contribution is 2.58. The summed E-state index contributed by atoms with van der Waals surface area (Å²) in [7, 11) is 0. The third-order valence-electron chi connectivity index (χ3n) is 22.0. The van der Waals surface area contributed by atoms with E-state index in [4.69, 9.17) is 0 Å². The summed E-state index contributed by atoms with van der Waals surface area (Å²) in [4.78, 5) is 8.17. The van der Waals surface area contributed by atoms with Crippen LogP contribution in [0.1, 0.15) is 208 Å². The summed E-state index contributed by atoms with van der Waals surface area (Å²) >= 11 is 1.93. The van der Waals surface area contributed by atoms with Crippen LogP contribution in [0.2, 0.25) is 0 Å². The van der Waals surface area contributed by atoms with Gasteiger partial charge < -0.3 is 14.6 Å². The molecule has 3 nitrogen and oxygen atoms in total. The van der Waals surface area contributed by atoms with Crippen LogP contribution in [0.15, 0.2) is 146 Å². The number of thiophene rings is 1. The Labute approximate surface area is 514 Å². The smallest absolute Gasteiger partial charge is 0.333 e. The third kappa shape index (κ3) is 8.75. The van der Waals surface area contributed by atoms with E-state index in [1.54, 1.807) is 0 Å². The van der Waals surface area contributed by atoms with Crippen molar-refractivity contribution in [3.05, 3.63) is 190 Å². The standard InChI is InChI=1S/C80H90BN3S/c1-73(2,3)49-23-27-51(28-24-49)82(52-29-25-50(26-30-52)74(4,5)6)55-43-57-70-65(35-36-69-71(70)56-21-19-20-22-68(56)85-69)84(54-32-34-59-61(45-54)78(13,14)40-38-76(59,9)10)81-64-47-62-63(80(17,18)42-41-79(62,15)16)48-66(64)83(67(46-55)72(57)81)53-31-33-58-60(44-53)77(11,12)39-37-75(58,7)8/h19-36,43-48H,37-42H2,1-18H3. The Kier molecular flexibility index (Phi) is 12.2. The highest BCUT2D eigenvalue weighted by molar-refractivity contribution is 7.26. The van der Waals surface area contributed by atoms with Gasteiger partial charge >= 0.3 is 6.85 Å². The molecule has 0 unspecified atom stereocenters. The first-order chi connectivity index (χ1) is 39.8. The summed E-state index contributed by atoms with van der Waals surface area (Å²) in [5.41, 5.74) is 26.9. The maximum Gasteiger partial charge on any atom is 0.333 e. The summed E-state index contributed by atoms with van der Waals surface area (Å²) in [5.74, 6) is 0. The lowest BCUT2D eigenvalue weighted by Gasteiger charge is -2.49. The molecule has 0 atom stereocenters. The predicted octanol–water partition coefficient (Wildman–Crippen LogP) is 21.9. The topological polar surface area (TPSA) is 9.72 Å². The quantitative estimate of drug-likeness (QED) is 0.159. The first-order valence-corrected chi connectivity index (χ1v) is 32.9. The summed E-state index contributed by atoms with van der Waals surface area (Å²) < 4.78 is 2.65. The minimum Gasteiger partial charge on any atom is -0.376 e. The monoisotopic (exact) mass is 1140 g/mol. The molecule has 1 aromatic heterocycles. The largest absolute Gasteiger partial charge is 0.376 e. The molecule has 5 aliphatic rings. The fraction of sp³-hybridized carbons (Fsp3) is 0.400. The van der Waals surface area contributed by atoms with Crippen LogP contribution in [0.25, 0.3) is 31.3 Å². The maximum atomic E-state index is 2.83. The summed E-state index contributed by atoms with van der Waals surface area (Å²) in [5, 5.41) is 2.67. The molecule has 2 aliphatic heterocycles. The number of benzene rings is 8. The molecular formula is C80H90BN3S. The van der Waals surface area contributed by atoms with Gasteiger partial charge in [-0.2, -0.15) is 0 Å². The molecule has 5 heteroatoms. The van der Waals surface area contributed by atoms with Gasteiger partial charge in [-0.15, -0.1) is 11.3 Å². The highest BCUT2D eigenvalue weighted by Gasteiger charge is 2.50. The van der Waals surface area contributed by atoms with Gasteiger partial charge in [0.15, 0.2) is 0 Å². The Balaban J connectivity index is 1.16. The van der Waals surface area contributed by atoms with E-state index in [0.29, 0.717) is 0 Å². The Bertz CT molecular complexity index is 4170. The fourth-order valence-electron chi connectivity index (χ4n) is 16.1. The van der Waals surface area contributed by atoms with Gasteiger partial charge in [0, 0.05) is 71.2 Å². The molecule has 0 fully saturated rings. The maximum absolute atomic E-state index is 2.83. The van der Waals surface area contributed by atoms with Crippen molar-refractivity contribution in [1.82, 2.24) is 0 Å². The molecule has 0 spiro atoms. The SMILES string of the molecule is CC(C)(C)c1ccc(N(c2ccc(C(C)(C)C)cc2)c2cc3c4c(c2)N(c2ccc5c(c2)C(C)(C)CCC5(C)C)c2cc5c(cc2B4N(c2ccc4c(c2)C(C)(C)CCC4(C)C)c2ccc4sc6ccccc6c4c2-3)C(C)(C)CCC5(C)C)cc1. The van der Waals surface area contributed by atoms with Crippen LogP contribution in [-0.2, 0) is 43.3 Å². The van der Waals surface area contributed by atoms with Gasteiger partial charge in [0.1, 0.15) is 0 Å². The van der Waals surface area contributed by atoms with E-state index >= 15 is 0 Å². The van der Waals surface area contributed by atoms with Crippen molar-refractivity contribution < 1.29 is 0 Å². The molecule has 0 N–H and O–H groups in total. The van der Waals surface area contributed by atoms with Gasteiger partial charge in [0.25, 0.3) is 0 Å². The first-order valence-electron chi connectivity index (χ1n) is 32.1. The van der Waals surface area contributed by atoms with Gasteiger partial charge in [0.2, 0.25) is 0 Å². The molecule has 3 heterocycles. The Morgan fingerprint density at radius 2 is 0.882 bits per heavy atom. The van der Waals surface area contributed by atoms with E-state index < -0.39 is 0 Å². The number of anilines is 8. The number of rotatable bonds is 5. The average molecular weight is 1140 g/mol. The molecule has 9 aromatic rings. The zero-order chi connectivity index (χ0) is 60.1. The minimum absolute atomic E-state index is 0.00647. The van der Waals surface area contributed by atoms with Crippen molar-refractivity contribution in [3.8, 4) is 11.1 Å². The van der Waals surface area contributed by atoms with Crippen LogP contribution in [0, 0.1) is 0 Å². The van der Waals surface area contributed by atoms with Crippen LogP contribution < -0.4 is 25.5 Å². The number of nitrogens with zero attached hydrogens (tertiary/aromatic N) is 3. The predicted molar refractivity (Wildman–Crippen MR) is 371 cm³/mol. The van der Waals surface area contributed by atoms with Crippen LogP contribution >= 0.6 is 11.3 Å². The summed E-state index contributed by atoms with van der Waals surface area (Å²) in [6.45, 7) is 43.7. The zero-order valence-corrected chi connectivity index (χ0v) is 55.2. The Morgan fingerprint density at radius 3 is 1.41 bits per heavy atom. The minimum atomic E-state index is -0.150. The molecule has 434 valence electrons. The first kappa shape index (κ1) is 56.3. The third-order valence-corrected chi connectivity index (χ3v) is 23.1. The van der Waals surface area contributed by atoms with Crippen LogP contribution in [0.4, 0.5) is 45.5 Å². The number of fused-ring (bicyclic) bond motifs is 11. The second-order valence-corrected chi connectivity index (χ2v) is 33.7. The molecule has 0 radical (unpaired) electrons. The second kappa shape index (κ2) is 18.5. The average Bonchev–Trinajstić information content (AvgIpc) is 1.47. The number of hydrogen-bond donors (Lipinski definition) is 0. The van der Waals surface area contributed by atoms with Crippen LogP contribution in [0.5, 0.6) is 0 Å². The van der Waals surface area contributed by atoms with Crippen LogP contribution in [0.3, 0.4) is 0 Å². The lowest BCUT2D eigenvalue weighted by molar-refractivity contribution is 0.332. The lowest BCUT2D eigenvalue weighted by atomic mass is 9.42. The Morgan fingerprint density at radius 1 is 0.412 bits per heavy atom. The van der Waals surface area contributed by atoms with E-state index in [0.717, 1.165) is 42.7 Å². The Hall–Kier alpha value is -6.56. The summed E-state index contributed by atoms with van der Waals surface area (Å²) in [6.07, 6.45) is 6.96. The molecule has 0 bridgehead atoms. The molecule has 0 saturated carbocycles. The van der Waals surface area contributed by atoms with Crippen molar-refractivity contribution in [2.45, 2.75) is 206 Å². The van der Waals surface area contributed by atoms with E-state index in [9.17, 15) is 0 Å². The van der Waals surface area contributed by atoms with Gasteiger partial charge in [-0.3, -0.25) is 0 Å². The second-order valence-electron chi connectivity index (χ2n) is 32.6. The van der Waals surface area contributed by atoms with E-state index in [2.05, 4.69) is 285 Å². The molecule has 0 saturated heterocycles. The molecule has 0 amide bonds. The summed E-state index contributed by atoms with van der Waals surface area (Å²) in [6, 6.07) is 59.1. The van der Waals surface area contributed by atoms with E-state index in [-0.39, 0.29) is 50.2 Å². The van der Waals surface area contributed by atoms with Crippen molar-refractivity contribution in [1.29, 1.82) is 0 Å². The van der Waals surface area contributed by atoms with Gasteiger partial charge in [-0.1, -0.05) is 185 Å². The number of hydrogen-bond acceptors (Lipinski definition) is 4. The molecular weight excluding hydrogens is 1050 g/mol. The van der Waals surface area contributed by atoms with Crippen molar-refractivity contribution >= 4 is 94.8 Å². The lowest BCUT2D eigenvalue weighted by Crippen LogP contribution is -2.62. The molecule has 8 aromatic carbocycles. The van der Waals surface area contributed by atoms with Gasteiger partial charge in [0.05, 0.1) is 0 Å². The molecule has 14 rings (SSSR count). The van der Waals surface area contributed by atoms with Crippen molar-refractivity contribution in [2.75, 3.05) is 14.6 Å². The molecule has 3 aliphatic carbocycles. The van der Waals surface area contributed by atoms with Gasteiger partial charge in [-0.05, 0) is 228 Å². The highest BCUT2D eigenvalue weighted by atomic mass is 32.1. The fourth-order valence-corrected chi connectivity index (χ4v) is 17.2. The normalized spacial score (nSPS) is 19.2. The molecule has 85 heavy (non-hydrogen) atoms. The van der Waals surface area contributed by atoms with Crippen molar-refractivity contribution in [3.63, 3.8) is 0 Å². The van der Waals surface area contributed by atoms with Gasteiger partial charge in [-0.25, -0.2) is 0 Å². The van der Waals surface area contributed by atoms with E-state index in [1.807, 2.05) is 11.3 Å². The van der Waals surface area contributed by atoms with Crippen molar-refractivity contribution in [2.24, 2.45) is 0 Å².